The molecule has 3 rings (SSSR count). The zero-order valence-electron chi connectivity index (χ0n) is 12.2. The molecule has 0 aliphatic carbocycles. The van der Waals surface area contributed by atoms with Gasteiger partial charge in [0.25, 0.3) is 0 Å². The molecule has 0 amide bonds. The summed E-state index contributed by atoms with van der Waals surface area (Å²) in [4.78, 5) is 15.5. The summed E-state index contributed by atoms with van der Waals surface area (Å²) < 4.78 is 1.76. The van der Waals surface area contributed by atoms with Crippen LogP contribution in [-0.4, -0.2) is 14.8 Å². The summed E-state index contributed by atoms with van der Waals surface area (Å²) in [5, 5.41) is 5.26. The second-order valence-corrected chi connectivity index (χ2v) is 5.51. The van der Waals surface area contributed by atoms with Gasteiger partial charge in [0.1, 0.15) is 10.7 Å². The lowest BCUT2D eigenvalue weighted by Crippen LogP contribution is -2.07. The molecule has 4 nitrogen and oxygen atoms in total. The zero-order chi connectivity index (χ0) is 15.1. The van der Waals surface area contributed by atoms with E-state index in [1.807, 2.05) is 19.1 Å². The van der Waals surface area contributed by atoms with Crippen molar-refractivity contribution in [2.45, 2.75) is 27.2 Å². The van der Waals surface area contributed by atoms with E-state index in [-0.39, 0.29) is 10.5 Å². The lowest BCUT2D eigenvalue weighted by atomic mass is 10.1. The quantitative estimate of drug-likeness (QED) is 0.787. The summed E-state index contributed by atoms with van der Waals surface area (Å²) in [6.07, 6.45) is 0.991. The number of halogens is 1. The number of aromatic amines is 1. The third kappa shape index (κ3) is 2.16. The second-order valence-electron chi connectivity index (χ2n) is 5.13. The normalized spacial score (nSPS) is 11.2. The van der Waals surface area contributed by atoms with Gasteiger partial charge in [-0.15, -0.1) is 0 Å². The number of pyridine rings is 1. The summed E-state index contributed by atoms with van der Waals surface area (Å²) >= 11 is 6.04. The highest BCUT2D eigenvalue weighted by molar-refractivity contribution is 6.31. The molecule has 0 aliphatic heterocycles. The molecule has 5 heteroatoms. The van der Waals surface area contributed by atoms with Crippen LogP contribution < -0.4 is 5.43 Å². The van der Waals surface area contributed by atoms with Crippen LogP contribution in [0.15, 0.2) is 29.1 Å². The molecule has 2 heterocycles. The van der Waals surface area contributed by atoms with Crippen LogP contribution in [0.4, 0.5) is 0 Å². The first-order chi connectivity index (χ1) is 10.0. The van der Waals surface area contributed by atoms with Crippen LogP contribution in [0.25, 0.3) is 16.7 Å². The average molecular weight is 302 g/mol. The predicted molar refractivity (Wildman–Crippen MR) is 85.6 cm³/mol. The first kappa shape index (κ1) is 13.9. The van der Waals surface area contributed by atoms with Gasteiger partial charge in [-0.2, -0.15) is 5.10 Å². The molecule has 0 radical (unpaired) electrons. The molecule has 0 bridgehead atoms. The van der Waals surface area contributed by atoms with Gasteiger partial charge in [0, 0.05) is 5.69 Å². The number of rotatable bonds is 2. The maximum atomic E-state index is 12.3. The van der Waals surface area contributed by atoms with Gasteiger partial charge in [-0.05, 0) is 38.0 Å². The monoisotopic (exact) mass is 301 g/mol. The van der Waals surface area contributed by atoms with E-state index >= 15 is 0 Å². The van der Waals surface area contributed by atoms with Gasteiger partial charge in [-0.25, -0.2) is 4.68 Å². The number of aryl methyl sites for hydroxylation is 3. The Morgan fingerprint density at radius 1 is 1.24 bits per heavy atom. The van der Waals surface area contributed by atoms with Crippen molar-refractivity contribution in [1.82, 2.24) is 14.8 Å². The van der Waals surface area contributed by atoms with Gasteiger partial charge in [0.05, 0.1) is 16.8 Å². The SMILES string of the molecule is CCc1ccc(-n2nc(C)c3c(=O)c(Cl)c(C)[nH]c32)cc1. The summed E-state index contributed by atoms with van der Waals surface area (Å²) in [6, 6.07) is 8.15. The van der Waals surface area contributed by atoms with E-state index in [1.165, 1.54) is 5.56 Å². The highest BCUT2D eigenvalue weighted by Crippen LogP contribution is 2.21. The van der Waals surface area contributed by atoms with E-state index in [4.69, 9.17) is 11.6 Å². The number of H-pyrrole nitrogens is 1. The summed E-state index contributed by atoms with van der Waals surface area (Å²) in [7, 11) is 0. The van der Waals surface area contributed by atoms with E-state index < -0.39 is 0 Å². The maximum Gasteiger partial charge on any atom is 0.211 e. The largest absolute Gasteiger partial charge is 0.342 e. The number of nitrogens with one attached hydrogen (secondary N) is 1. The van der Waals surface area contributed by atoms with Crippen LogP contribution in [-0.2, 0) is 6.42 Å². The van der Waals surface area contributed by atoms with Crippen LogP contribution in [0.2, 0.25) is 5.02 Å². The first-order valence-corrected chi connectivity index (χ1v) is 7.27. The molecule has 3 aromatic rings. The number of aromatic nitrogens is 3. The third-order valence-electron chi connectivity index (χ3n) is 3.71. The van der Waals surface area contributed by atoms with E-state index in [1.54, 1.807) is 11.6 Å². The topological polar surface area (TPSA) is 50.7 Å². The minimum absolute atomic E-state index is 0.170. The summed E-state index contributed by atoms with van der Waals surface area (Å²) in [6.45, 7) is 5.72. The average Bonchev–Trinajstić information content (AvgIpc) is 2.81. The minimum atomic E-state index is -0.170. The Labute approximate surface area is 127 Å². The highest BCUT2D eigenvalue weighted by atomic mass is 35.5. The standard InChI is InChI=1S/C16H16ClN3O/c1-4-11-5-7-12(8-6-11)20-16-13(9(2)19-20)15(21)14(17)10(3)18-16/h5-8H,4H2,1-3H3,(H,18,21). The van der Waals surface area contributed by atoms with Crippen LogP contribution in [0.1, 0.15) is 23.9 Å². The van der Waals surface area contributed by atoms with Gasteiger partial charge in [-0.3, -0.25) is 4.79 Å². The number of nitrogens with zero attached hydrogens (tertiary/aromatic N) is 2. The first-order valence-electron chi connectivity index (χ1n) is 6.90. The van der Waals surface area contributed by atoms with Crippen molar-refractivity contribution in [3.05, 3.63) is 56.5 Å². The number of hydrogen-bond acceptors (Lipinski definition) is 2. The highest BCUT2D eigenvalue weighted by Gasteiger charge is 2.16. The number of fused-ring (bicyclic) bond motifs is 1. The van der Waals surface area contributed by atoms with E-state index in [0.29, 0.717) is 22.4 Å². The molecule has 108 valence electrons. The molecule has 0 saturated carbocycles. The molecule has 21 heavy (non-hydrogen) atoms. The Kier molecular flexibility index (Phi) is 3.33. The number of hydrogen-bond donors (Lipinski definition) is 1. The van der Waals surface area contributed by atoms with Crippen molar-refractivity contribution in [3.8, 4) is 5.69 Å². The zero-order valence-corrected chi connectivity index (χ0v) is 13.0. The molecule has 1 aromatic carbocycles. The summed E-state index contributed by atoms with van der Waals surface area (Å²) in [5.41, 5.74) is 4.02. The molecular weight excluding hydrogens is 286 g/mol. The van der Waals surface area contributed by atoms with Crippen LogP contribution in [0.5, 0.6) is 0 Å². The van der Waals surface area contributed by atoms with Crippen molar-refractivity contribution in [3.63, 3.8) is 0 Å². The molecule has 0 spiro atoms. The molecule has 0 atom stereocenters. The Bertz CT molecular complexity index is 875. The molecule has 0 unspecified atom stereocenters. The fourth-order valence-electron chi connectivity index (χ4n) is 2.49. The Hall–Kier alpha value is -2.07. The van der Waals surface area contributed by atoms with Gasteiger partial charge in [0.2, 0.25) is 5.43 Å². The molecule has 2 aromatic heterocycles. The van der Waals surface area contributed by atoms with Gasteiger partial charge < -0.3 is 4.98 Å². The lowest BCUT2D eigenvalue weighted by molar-refractivity contribution is 0.874. The molecule has 0 aliphatic rings. The molecule has 0 saturated heterocycles. The van der Waals surface area contributed by atoms with Crippen LogP contribution >= 0.6 is 11.6 Å². The van der Waals surface area contributed by atoms with E-state index in [2.05, 4.69) is 29.1 Å². The smallest absolute Gasteiger partial charge is 0.211 e. The van der Waals surface area contributed by atoms with Crippen molar-refractivity contribution >= 4 is 22.6 Å². The summed E-state index contributed by atoms with van der Waals surface area (Å²) in [5.74, 6) is 0. The van der Waals surface area contributed by atoms with Gasteiger partial charge >= 0.3 is 0 Å². The van der Waals surface area contributed by atoms with E-state index in [9.17, 15) is 4.79 Å². The van der Waals surface area contributed by atoms with Gasteiger partial charge in [-0.1, -0.05) is 30.7 Å². The second kappa shape index (κ2) is 5.04. The van der Waals surface area contributed by atoms with Crippen molar-refractivity contribution < 1.29 is 0 Å². The number of benzene rings is 1. The van der Waals surface area contributed by atoms with Gasteiger partial charge in [0.15, 0.2) is 0 Å². The van der Waals surface area contributed by atoms with Crippen LogP contribution in [0, 0.1) is 13.8 Å². The van der Waals surface area contributed by atoms with Crippen LogP contribution in [0.3, 0.4) is 0 Å². The lowest BCUT2D eigenvalue weighted by Gasteiger charge is -2.06. The van der Waals surface area contributed by atoms with Crippen molar-refractivity contribution in [2.24, 2.45) is 0 Å². The third-order valence-corrected chi connectivity index (χ3v) is 4.17. The Morgan fingerprint density at radius 3 is 2.52 bits per heavy atom. The van der Waals surface area contributed by atoms with E-state index in [0.717, 1.165) is 12.1 Å². The van der Waals surface area contributed by atoms with Crippen molar-refractivity contribution in [1.29, 1.82) is 0 Å². The predicted octanol–water partition coefficient (Wildman–Crippen LogP) is 3.55. The molecule has 1 N–H and O–H groups in total. The Morgan fingerprint density at radius 2 is 1.90 bits per heavy atom. The fraction of sp³-hybridized carbons (Fsp3) is 0.250. The minimum Gasteiger partial charge on any atom is -0.342 e. The molecule has 0 fully saturated rings. The Balaban J connectivity index is 2.30. The maximum absolute atomic E-state index is 12.3. The van der Waals surface area contributed by atoms with Crippen molar-refractivity contribution in [2.75, 3.05) is 0 Å². The fourth-order valence-corrected chi connectivity index (χ4v) is 2.63. The molecular formula is C16H16ClN3O.